The molecule has 3 nitrogen and oxygen atoms in total. The van der Waals surface area contributed by atoms with Gasteiger partial charge in [0.15, 0.2) is 5.12 Å². The number of thioether (sulfide) groups is 1. The third-order valence-corrected chi connectivity index (χ3v) is 2.05. The smallest absolute Gasteiger partial charge is 0.326 e. The van der Waals surface area contributed by atoms with E-state index >= 15 is 0 Å². The van der Waals surface area contributed by atoms with Gasteiger partial charge in [0.1, 0.15) is 4.75 Å². The first kappa shape index (κ1) is 11.2. The van der Waals surface area contributed by atoms with Crippen LogP contribution in [0.5, 0.6) is 0 Å². The first-order valence-electron chi connectivity index (χ1n) is 3.41. The molecule has 0 saturated heterocycles. The van der Waals surface area contributed by atoms with Gasteiger partial charge in [-0.05, 0) is 13.8 Å². The Kier molecular flexibility index (Phi) is 4.03. The predicted octanol–water partition coefficient (Wildman–Crippen LogP) is 1.73. The van der Waals surface area contributed by atoms with Crippen molar-refractivity contribution in [1.29, 1.82) is 0 Å². The van der Waals surface area contributed by atoms with Crippen molar-refractivity contribution in [2.24, 2.45) is 0 Å². The molecule has 0 aromatic carbocycles. The molecule has 4 heteroatoms. The minimum absolute atomic E-state index is 0.110. The molecule has 0 bridgehead atoms. The second-order valence-electron chi connectivity index (χ2n) is 2.68. The average Bonchev–Trinajstić information content (AvgIpc) is 1.85. The standard InChI is InChI=1S/C8H12O3S/c1-5-11-7(10)8(3,4)12-6(2)9/h5H,1H2,2-4H3. The maximum absolute atomic E-state index is 11.1. The zero-order chi connectivity index (χ0) is 9.78. The molecule has 68 valence electrons. The number of rotatable bonds is 3. The number of carbonyl (C=O) groups excluding carboxylic acids is 2. The number of ether oxygens (including phenoxy) is 1. The molecular weight excluding hydrogens is 176 g/mol. The molecule has 0 aliphatic rings. The number of esters is 1. The highest BCUT2D eigenvalue weighted by atomic mass is 32.2. The third kappa shape index (κ3) is 3.57. The predicted molar refractivity (Wildman–Crippen MR) is 48.6 cm³/mol. The van der Waals surface area contributed by atoms with E-state index < -0.39 is 10.7 Å². The van der Waals surface area contributed by atoms with Crippen LogP contribution in [0.25, 0.3) is 0 Å². The summed E-state index contributed by atoms with van der Waals surface area (Å²) in [5, 5.41) is -0.110. The molecular formula is C8H12O3S. The lowest BCUT2D eigenvalue weighted by molar-refractivity contribution is -0.140. The van der Waals surface area contributed by atoms with Gasteiger partial charge in [0, 0.05) is 6.92 Å². The van der Waals surface area contributed by atoms with E-state index in [0.717, 1.165) is 18.0 Å². The molecule has 0 fully saturated rings. The number of hydrogen-bond acceptors (Lipinski definition) is 4. The summed E-state index contributed by atoms with van der Waals surface area (Å²) in [6.07, 6.45) is 1.06. The lowest BCUT2D eigenvalue weighted by Crippen LogP contribution is -2.29. The molecule has 0 spiro atoms. The monoisotopic (exact) mass is 188 g/mol. The van der Waals surface area contributed by atoms with Gasteiger partial charge in [-0.2, -0.15) is 0 Å². The molecule has 0 saturated carbocycles. The largest absolute Gasteiger partial charge is 0.434 e. The molecule has 0 radical (unpaired) electrons. The molecule has 0 unspecified atom stereocenters. The van der Waals surface area contributed by atoms with Crippen molar-refractivity contribution < 1.29 is 14.3 Å². The Morgan fingerprint density at radius 1 is 1.50 bits per heavy atom. The van der Waals surface area contributed by atoms with Crippen LogP contribution >= 0.6 is 11.8 Å². The van der Waals surface area contributed by atoms with Gasteiger partial charge in [-0.15, -0.1) is 0 Å². The van der Waals surface area contributed by atoms with Gasteiger partial charge in [-0.25, -0.2) is 0 Å². The Hall–Kier alpha value is -0.770. The van der Waals surface area contributed by atoms with E-state index in [1.54, 1.807) is 13.8 Å². The number of carbonyl (C=O) groups is 2. The highest BCUT2D eigenvalue weighted by Crippen LogP contribution is 2.26. The van der Waals surface area contributed by atoms with E-state index in [2.05, 4.69) is 11.3 Å². The van der Waals surface area contributed by atoms with E-state index in [-0.39, 0.29) is 5.12 Å². The van der Waals surface area contributed by atoms with Crippen LogP contribution in [0.4, 0.5) is 0 Å². The molecule has 0 atom stereocenters. The van der Waals surface area contributed by atoms with E-state index in [4.69, 9.17) is 0 Å². The van der Waals surface area contributed by atoms with E-state index in [1.165, 1.54) is 6.92 Å². The van der Waals surface area contributed by atoms with Gasteiger partial charge in [-0.1, -0.05) is 18.3 Å². The normalized spacial score (nSPS) is 10.6. The Bertz CT molecular complexity index is 208. The second kappa shape index (κ2) is 4.30. The average molecular weight is 188 g/mol. The first-order valence-corrected chi connectivity index (χ1v) is 4.23. The maximum Gasteiger partial charge on any atom is 0.326 e. The summed E-state index contributed by atoms with van der Waals surface area (Å²) < 4.78 is 3.73. The van der Waals surface area contributed by atoms with Gasteiger partial charge in [0.05, 0.1) is 6.26 Å². The van der Waals surface area contributed by atoms with Crippen molar-refractivity contribution in [3.63, 3.8) is 0 Å². The zero-order valence-electron chi connectivity index (χ0n) is 7.42. The van der Waals surface area contributed by atoms with Gasteiger partial charge >= 0.3 is 5.97 Å². The topological polar surface area (TPSA) is 43.4 Å². The molecule has 0 heterocycles. The van der Waals surface area contributed by atoms with Crippen LogP contribution in [0.2, 0.25) is 0 Å². The van der Waals surface area contributed by atoms with Gasteiger partial charge < -0.3 is 4.74 Å². The van der Waals surface area contributed by atoms with Crippen LogP contribution < -0.4 is 0 Å². The molecule has 0 aromatic rings. The minimum atomic E-state index is -0.833. The summed E-state index contributed by atoms with van der Waals surface area (Å²) in [7, 11) is 0. The van der Waals surface area contributed by atoms with Crippen LogP contribution in [0.15, 0.2) is 12.8 Å². The Morgan fingerprint density at radius 3 is 2.33 bits per heavy atom. The van der Waals surface area contributed by atoms with E-state index in [9.17, 15) is 9.59 Å². The molecule has 0 amide bonds. The SMILES string of the molecule is C=COC(=O)C(C)(C)SC(C)=O. The van der Waals surface area contributed by atoms with Crippen molar-refractivity contribution in [3.8, 4) is 0 Å². The molecule has 0 aliphatic carbocycles. The molecule has 0 aromatic heterocycles. The van der Waals surface area contributed by atoms with Crippen LogP contribution in [0, 0.1) is 0 Å². The fourth-order valence-electron chi connectivity index (χ4n) is 0.619. The number of hydrogen-bond donors (Lipinski definition) is 0. The summed E-state index contributed by atoms with van der Waals surface area (Å²) in [5.41, 5.74) is 0. The Labute approximate surface area is 76.2 Å². The molecule has 0 N–H and O–H groups in total. The Balaban J connectivity index is 4.27. The molecule has 0 rings (SSSR count). The zero-order valence-corrected chi connectivity index (χ0v) is 8.23. The van der Waals surface area contributed by atoms with Crippen molar-refractivity contribution in [1.82, 2.24) is 0 Å². The highest BCUT2D eigenvalue weighted by Gasteiger charge is 2.31. The minimum Gasteiger partial charge on any atom is -0.434 e. The fourth-order valence-corrected chi connectivity index (χ4v) is 1.47. The summed E-state index contributed by atoms with van der Waals surface area (Å²) >= 11 is 0.944. The fraction of sp³-hybridized carbons (Fsp3) is 0.500. The second-order valence-corrected chi connectivity index (χ2v) is 4.48. The van der Waals surface area contributed by atoms with E-state index in [1.807, 2.05) is 0 Å². The maximum atomic E-state index is 11.1. The molecule has 0 aliphatic heterocycles. The van der Waals surface area contributed by atoms with Crippen molar-refractivity contribution in [2.75, 3.05) is 0 Å². The lowest BCUT2D eigenvalue weighted by Gasteiger charge is -2.18. The first-order chi connectivity index (χ1) is 5.40. The van der Waals surface area contributed by atoms with Crippen LogP contribution in [0.1, 0.15) is 20.8 Å². The summed E-state index contributed by atoms with van der Waals surface area (Å²) in [5.74, 6) is -0.460. The van der Waals surface area contributed by atoms with Gasteiger partial charge in [0.2, 0.25) is 0 Å². The van der Waals surface area contributed by atoms with Crippen LogP contribution in [-0.4, -0.2) is 15.8 Å². The summed E-state index contributed by atoms with van der Waals surface area (Å²) in [6.45, 7) is 7.93. The quantitative estimate of drug-likeness (QED) is 0.499. The van der Waals surface area contributed by atoms with E-state index in [0.29, 0.717) is 0 Å². The van der Waals surface area contributed by atoms with Crippen molar-refractivity contribution in [2.45, 2.75) is 25.5 Å². The summed E-state index contributed by atoms with van der Waals surface area (Å²) in [4.78, 5) is 21.8. The van der Waals surface area contributed by atoms with Crippen LogP contribution in [-0.2, 0) is 14.3 Å². The summed E-state index contributed by atoms with van der Waals surface area (Å²) in [6, 6.07) is 0. The van der Waals surface area contributed by atoms with Gasteiger partial charge in [-0.3, -0.25) is 9.59 Å². The highest BCUT2D eigenvalue weighted by molar-refractivity contribution is 8.15. The van der Waals surface area contributed by atoms with Gasteiger partial charge in [0.25, 0.3) is 0 Å². The third-order valence-electron chi connectivity index (χ3n) is 1.08. The van der Waals surface area contributed by atoms with Crippen molar-refractivity contribution >= 4 is 22.8 Å². The Morgan fingerprint density at radius 2 is 2.00 bits per heavy atom. The molecule has 12 heavy (non-hydrogen) atoms. The van der Waals surface area contributed by atoms with Crippen LogP contribution in [0.3, 0.4) is 0 Å². The van der Waals surface area contributed by atoms with Crippen molar-refractivity contribution in [3.05, 3.63) is 12.8 Å². The lowest BCUT2D eigenvalue weighted by atomic mass is 10.2.